The van der Waals surface area contributed by atoms with Crippen LogP contribution in [0.1, 0.15) is 44.8 Å². The Morgan fingerprint density at radius 3 is 2.62 bits per heavy atom. The summed E-state index contributed by atoms with van der Waals surface area (Å²) in [5.74, 6) is 1.56. The molecule has 0 amide bonds. The second kappa shape index (κ2) is 4.37. The summed E-state index contributed by atoms with van der Waals surface area (Å²) in [6.07, 6.45) is 1.72. The Labute approximate surface area is 78.5 Å². The molecule has 0 saturated heterocycles. The molecule has 74 valence electrons. The zero-order chi connectivity index (χ0) is 9.84. The smallest absolute Gasteiger partial charge is 0.231 e. The summed E-state index contributed by atoms with van der Waals surface area (Å²) in [6, 6.07) is 0.102. The van der Waals surface area contributed by atoms with Crippen LogP contribution in [-0.2, 0) is 6.42 Å². The SMILES string of the molecule is CCc1noc(C(C)C(N)CC)n1. The molecule has 1 aromatic rings. The lowest BCUT2D eigenvalue weighted by Crippen LogP contribution is -2.25. The molecule has 0 aliphatic carbocycles. The summed E-state index contributed by atoms with van der Waals surface area (Å²) in [5, 5.41) is 3.83. The van der Waals surface area contributed by atoms with Gasteiger partial charge >= 0.3 is 0 Å². The van der Waals surface area contributed by atoms with Crippen LogP contribution in [0.5, 0.6) is 0 Å². The summed E-state index contributed by atoms with van der Waals surface area (Å²) in [6.45, 7) is 6.07. The number of hydrogen-bond acceptors (Lipinski definition) is 4. The van der Waals surface area contributed by atoms with E-state index in [1.807, 2.05) is 13.8 Å². The Kier molecular flexibility index (Phi) is 3.42. The summed E-state index contributed by atoms with van der Waals surface area (Å²) in [5.41, 5.74) is 5.87. The fraction of sp³-hybridized carbons (Fsp3) is 0.778. The molecule has 1 aromatic heterocycles. The maximum atomic E-state index is 5.87. The van der Waals surface area contributed by atoms with Crippen molar-refractivity contribution in [3.63, 3.8) is 0 Å². The zero-order valence-corrected chi connectivity index (χ0v) is 8.45. The summed E-state index contributed by atoms with van der Waals surface area (Å²) < 4.78 is 5.10. The molecule has 1 heterocycles. The van der Waals surface area contributed by atoms with E-state index in [0.29, 0.717) is 5.89 Å². The Bertz CT molecular complexity index is 259. The van der Waals surface area contributed by atoms with Gasteiger partial charge in [0.25, 0.3) is 0 Å². The van der Waals surface area contributed by atoms with Gasteiger partial charge in [-0.2, -0.15) is 4.98 Å². The Morgan fingerprint density at radius 1 is 1.46 bits per heavy atom. The van der Waals surface area contributed by atoms with Gasteiger partial charge in [0.2, 0.25) is 5.89 Å². The van der Waals surface area contributed by atoms with Gasteiger partial charge in [-0.15, -0.1) is 0 Å². The topological polar surface area (TPSA) is 64.9 Å². The zero-order valence-electron chi connectivity index (χ0n) is 8.45. The van der Waals surface area contributed by atoms with Crippen molar-refractivity contribution in [1.29, 1.82) is 0 Å². The molecule has 0 spiro atoms. The largest absolute Gasteiger partial charge is 0.339 e. The first-order valence-corrected chi connectivity index (χ1v) is 4.77. The summed E-state index contributed by atoms with van der Waals surface area (Å²) in [7, 11) is 0. The molecule has 0 aliphatic rings. The van der Waals surface area contributed by atoms with Crippen LogP contribution in [0.3, 0.4) is 0 Å². The highest BCUT2D eigenvalue weighted by molar-refractivity contribution is 4.96. The van der Waals surface area contributed by atoms with Gasteiger partial charge in [0.1, 0.15) is 0 Å². The Balaban J connectivity index is 2.70. The lowest BCUT2D eigenvalue weighted by atomic mass is 10.0. The van der Waals surface area contributed by atoms with Gasteiger partial charge in [-0.1, -0.05) is 25.9 Å². The van der Waals surface area contributed by atoms with Crippen LogP contribution in [-0.4, -0.2) is 16.2 Å². The van der Waals surface area contributed by atoms with Crippen molar-refractivity contribution in [3.05, 3.63) is 11.7 Å². The predicted molar refractivity (Wildman–Crippen MR) is 50.4 cm³/mol. The third-order valence-corrected chi connectivity index (χ3v) is 2.30. The fourth-order valence-electron chi connectivity index (χ4n) is 1.13. The lowest BCUT2D eigenvalue weighted by molar-refractivity contribution is 0.337. The van der Waals surface area contributed by atoms with E-state index in [-0.39, 0.29) is 12.0 Å². The molecular formula is C9H17N3O. The monoisotopic (exact) mass is 183 g/mol. The molecule has 13 heavy (non-hydrogen) atoms. The molecule has 1 rings (SSSR count). The number of nitrogens with zero attached hydrogens (tertiary/aromatic N) is 2. The average molecular weight is 183 g/mol. The van der Waals surface area contributed by atoms with Gasteiger partial charge in [-0.25, -0.2) is 0 Å². The number of rotatable bonds is 4. The van der Waals surface area contributed by atoms with Crippen molar-refractivity contribution >= 4 is 0 Å². The minimum Gasteiger partial charge on any atom is -0.339 e. The molecule has 2 N–H and O–H groups in total. The molecule has 2 unspecified atom stereocenters. The van der Waals surface area contributed by atoms with Crippen molar-refractivity contribution in [3.8, 4) is 0 Å². The van der Waals surface area contributed by atoms with Crippen LogP contribution in [0.15, 0.2) is 4.52 Å². The van der Waals surface area contributed by atoms with Crippen molar-refractivity contribution < 1.29 is 4.52 Å². The van der Waals surface area contributed by atoms with E-state index in [0.717, 1.165) is 18.7 Å². The Morgan fingerprint density at radius 2 is 2.15 bits per heavy atom. The van der Waals surface area contributed by atoms with Crippen molar-refractivity contribution in [2.75, 3.05) is 0 Å². The molecule has 0 aromatic carbocycles. The van der Waals surface area contributed by atoms with Gasteiger partial charge in [-0.05, 0) is 6.42 Å². The van der Waals surface area contributed by atoms with Gasteiger partial charge in [0.15, 0.2) is 5.82 Å². The first-order valence-electron chi connectivity index (χ1n) is 4.77. The van der Waals surface area contributed by atoms with Crippen LogP contribution in [0.25, 0.3) is 0 Å². The molecule has 4 nitrogen and oxygen atoms in total. The minimum atomic E-state index is 0.102. The van der Waals surface area contributed by atoms with Crippen LogP contribution in [0.4, 0.5) is 0 Å². The van der Waals surface area contributed by atoms with Crippen molar-refractivity contribution in [1.82, 2.24) is 10.1 Å². The maximum absolute atomic E-state index is 5.87. The maximum Gasteiger partial charge on any atom is 0.231 e. The highest BCUT2D eigenvalue weighted by atomic mass is 16.5. The number of hydrogen-bond donors (Lipinski definition) is 1. The standard InChI is InChI=1S/C9H17N3O/c1-4-7(10)6(3)9-11-8(5-2)12-13-9/h6-7H,4-5,10H2,1-3H3. The second-order valence-corrected chi connectivity index (χ2v) is 3.26. The third kappa shape index (κ3) is 2.28. The second-order valence-electron chi connectivity index (χ2n) is 3.26. The third-order valence-electron chi connectivity index (χ3n) is 2.30. The normalized spacial score (nSPS) is 15.7. The number of aryl methyl sites for hydroxylation is 1. The van der Waals surface area contributed by atoms with Crippen LogP contribution < -0.4 is 5.73 Å². The average Bonchev–Trinajstić information content (AvgIpc) is 2.63. The first kappa shape index (κ1) is 10.2. The van der Waals surface area contributed by atoms with E-state index in [9.17, 15) is 0 Å². The van der Waals surface area contributed by atoms with Gasteiger partial charge in [-0.3, -0.25) is 0 Å². The molecule has 0 saturated carbocycles. The molecule has 0 radical (unpaired) electrons. The first-order chi connectivity index (χ1) is 6.19. The van der Waals surface area contributed by atoms with Gasteiger partial charge < -0.3 is 10.3 Å². The van der Waals surface area contributed by atoms with E-state index < -0.39 is 0 Å². The van der Waals surface area contributed by atoms with E-state index in [4.69, 9.17) is 10.3 Å². The van der Waals surface area contributed by atoms with E-state index in [1.165, 1.54) is 0 Å². The van der Waals surface area contributed by atoms with Crippen LogP contribution in [0, 0.1) is 0 Å². The summed E-state index contributed by atoms with van der Waals surface area (Å²) >= 11 is 0. The van der Waals surface area contributed by atoms with Crippen LogP contribution >= 0.6 is 0 Å². The predicted octanol–water partition coefficient (Wildman–Crippen LogP) is 1.47. The van der Waals surface area contributed by atoms with Gasteiger partial charge in [0, 0.05) is 12.5 Å². The highest BCUT2D eigenvalue weighted by Gasteiger charge is 2.19. The van der Waals surface area contributed by atoms with Gasteiger partial charge in [0.05, 0.1) is 5.92 Å². The summed E-state index contributed by atoms with van der Waals surface area (Å²) in [4.78, 5) is 4.24. The molecule has 0 fully saturated rings. The van der Waals surface area contributed by atoms with Crippen LogP contribution in [0.2, 0.25) is 0 Å². The molecule has 4 heteroatoms. The fourth-order valence-corrected chi connectivity index (χ4v) is 1.13. The Hall–Kier alpha value is -0.900. The van der Waals surface area contributed by atoms with E-state index in [2.05, 4.69) is 17.1 Å². The lowest BCUT2D eigenvalue weighted by Gasteiger charge is -2.13. The highest BCUT2D eigenvalue weighted by Crippen LogP contribution is 2.17. The molecule has 2 atom stereocenters. The number of nitrogens with two attached hydrogens (primary N) is 1. The minimum absolute atomic E-state index is 0.102. The molecule has 0 aliphatic heterocycles. The molecule has 0 bridgehead atoms. The molecular weight excluding hydrogens is 166 g/mol. The van der Waals surface area contributed by atoms with E-state index in [1.54, 1.807) is 0 Å². The number of aromatic nitrogens is 2. The quantitative estimate of drug-likeness (QED) is 0.767. The van der Waals surface area contributed by atoms with Crippen molar-refractivity contribution in [2.45, 2.75) is 45.6 Å². The van der Waals surface area contributed by atoms with Crippen molar-refractivity contribution in [2.24, 2.45) is 5.73 Å². The van der Waals surface area contributed by atoms with E-state index >= 15 is 0 Å².